The maximum atomic E-state index is 2.71. The van der Waals surface area contributed by atoms with Gasteiger partial charge in [0.05, 0.1) is 11.1 Å². The van der Waals surface area contributed by atoms with Gasteiger partial charge in [0, 0.05) is 27.8 Å². The van der Waals surface area contributed by atoms with Crippen molar-refractivity contribution in [3.8, 4) is 66.8 Å². The van der Waals surface area contributed by atoms with Gasteiger partial charge in [-0.2, -0.15) is 0 Å². The van der Waals surface area contributed by atoms with Crippen LogP contribution in [0.3, 0.4) is 0 Å². The molecule has 4 saturated carbocycles. The van der Waals surface area contributed by atoms with Gasteiger partial charge in [0.15, 0.2) is 0 Å². The van der Waals surface area contributed by atoms with E-state index in [0.717, 1.165) is 17.5 Å². The zero-order valence-corrected chi connectivity index (χ0v) is 46.1. The number of fused-ring (bicyclic) bond motifs is 12. The van der Waals surface area contributed by atoms with E-state index in [1.807, 2.05) is 0 Å². The molecule has 11 aromatic rings. The molecule has 0 radical (unpaired) electrons. The fourth-order valence-corrected chi connectivity index (χ4v) is 17.8. The summed E-state index contributed by atoms with van der Waals surface area (Å²) in [7, 11) is 0. The molecule has 4 bridgehead atoms. The van der Waals surface area contributed by atoms with Gasteiger partial charge < -0.3 is 4.90 Å². The fraction of sp³-hybridized carbons (Fsp3) is 0.175. The Morgan fingerprint density at radius 2 is 0.741 bits per heavy atom. The van der Waals surface area contributed by atoms with Crippen LogP contribution in [-0.4, -0.2) is 0 Å². The second-order valence-corrected chi connectivity index (χ2v) is 25.2. The Balaban J connectivity index is 0.954. The lowest BCUT2D eigenvalue weighted by Crippen LogP contribution is -2.55. The Kier molecular flexibility index (Phi) is 10.2. The quantitative estimate of drug-likeness (QED) is 0.154. The van der Waals surface area contributed by atoms with Crippen molar-refractivity contribution in [3.63, 3.8) is 0 Å². The molecule has 0 atom stereocenters. The second kappa shape index (κ2) is 17.6. The van der Waals surface area contributed by atoms with E-state index >= 15 is 0 Å². The maximum Gasteiger partial charge on any atom is 0.0740 e. The molecule has 1 nitrogen and oxygen atoms in total. The molecule has 0 N–H and O–H groups in total. The summed E-state index contributed by atoms with van der Waals surface area (Å²) in [6, 6.07) is 100. The monoisotopic (exact) mass is 1040 g/mol. The molecule has 7 aliphatic rings. The molecule has 7 aliphatic carbocycles. The topological polar surface area (TPSA) is 3.24 Å². The standard InChI is InChI=1S/C80H63N/c1-78(2)74-48-59(54-21-8-4-9-22-54)35-39-71(74)80(72-40-36-60(49-75(72)78)55-23-10-5-11-24-55)70-33-15-13-30-66(70)68-31-18-34-76(77(68)80)81(63-28-17-27-58(47-63)57-26-16-25-56(46-57)53-19-6-3-7-20-53)64-37-38-67-65-29-12-14-32-69(65)79(73(67)50-64)61-42-51-41-52(44-61)45-62(79)43-51/h3-40,46-52,61-62H,41-45H2,1-2H3. The van der Waals surface area contributed by atoms with Gasteiger partial charge in [-0.1, -0.05) is 226 Å². The van der Waals surface area contributed by atoms with E-state index in [-0.39, 0.29) is 10.8 Å². The van der Waals surface area contributed by atoms with Crippen LogP contribution in [0.2, 0.25) is 0 Å². The Morgan fingerprint density at radius 3 is 1.35 bits per heavy atom. The predicted molar refractivity (Wildman–Crippen MR) is 336 cm³/mol. The van der Waals surface area contributed by atoms with Gasteiger partial charge >= 0.3 is 0 Å². The number of rotatable bonds is 7. The number of hydrogen-bond acceptors (Lipinski definition) is 1. The van der Waals surface area contributed by atoms with Crippen molar-refractivity contribution in [1.29, 1.82) is 0 Å². The molecule has 18 rings (SSSR count). The number of nitrogens with zero attached hydrogens (tertiary/aromatic N) is 1. The average Bonchev–Trinajstić information content (AvgIpc) is 3.02. The van der Waals surface area contributed by atoms with Crippen molar-refractivity contribution >= 4 is 17.1 Å². The van der Waals surface area contributed by atoms with Gasteiger partial charge in [-0.05, 0) is 210 Å². The smallest absolute Gasteiger partial charge is 0.0740 e. The Bertz CT molecular complexity index is 4210. The number of anilines is 3. The third-order valence-electron chi connectivity index (χ3n) is 20.9. The van der Waals surface area contributed by atoms with Crippen LogP contribution in [0.15, 0.2) is 261 Å². The lowest BCUT2D eigenvalue weighted by molar-refractivity contribution is -0.0399. The highest BCUT2D eigenvalue weighted by Crippen LogP contribution is 2.71. The molecule has 388 valence electrons. The Hall–Kier alpha value is -8.78. The average molecular weight is 1040 g/mol. The van der Waals surface area contributed by atoms with Gasteiger partial charge in [0.1, 0.15) is 0 Å². The van der Waals surface area contributed by atoms with Crippen LogP contribution in [0.4, 0.5) is 17.1 Å². The van der Waals surface area contributed by atoms with Gasteiger partial charge in [-0.3, -0.25) is 0 Å². The summed E-state index contributed by atoms with van der Waals surface area (Å²) in [5, 5.41) is 0. The molecule has 0 unspecified atom stereocenters. The van der Waals surface area contributed by atoms with Gasteiger partial charge in [0.2, 0.25) is 0 Å². The lowest BCUT2D eigenvalue weighted by atomic mass is 9.43. The fourth-order valence-electron chi connectivity index (χ4n) is 17.8. The Morgan fingerprint density at radius 1 is 0.296 bits per heavy atom. The van der Waals surface area contributed by atoms with Crippen molar-refractivity contribution in [1.82, 2.24) is 0 Å². The van der Waals surface area contributed by atoms with Crippen LogP contribution in [0, 0.1) is 23.7 Å². The highest BCUT2D eigenvalue weighted by Gasteiger charge is 2.62. The van der Waals surface area contributed by atoms with E-state index in [9.17, 15) is 0 Å². The molecule has 1 heteroatoms. The largest absolute Gasteiger partial charge is 0.310 e. The van der Waals surface area contributed by atoms with Crippen LogP contribution in [0.1, 0.15) is 90.5 Å². The molecule has 81 heavy (non-hydrogen) atoms. The summed E-state index contributed by atoms with van der Waals surface area (Å²) < 4.78 is 0. The first-order valence-electron chi connectivity index (χ1n) is 29.8. The number of benzene rings is 11. The molecule has 0 saturated heterocycles. The zero-order chi connectivity index (χ0) is 53.6. The van der Waals surface area contributed by atoms with Crippen molar-refractivity contribution in [3.05, 3.63) is 305 Å². The summed E-state index contributed by atoms with van der Waals surface area (Å²) >= 11 is 0. The third-order valence-corrected chi connectivity index (χ3v) is 20.9. The van der Waals surface area contributed by atoms with Crippen molar-refractivity contribution in [2.24, 2.45) is 23.7 Å². The van der Waals surface area contributed by atoms with Crippen molar-refractivity contribution in [2.75, 3.05) is 4.90 Å². The maximum absolute atomic E-state index is 2.71. The minimum absolute atomic E-state index is 0.0105. The highest BCUT2D eigenvalue weighted by atomic mass is 15.1. The summed E-state index contributed by atoms with van der Waals surface area (Å²) in [5.74, 6) is 3.03. The molecule has 0 amide bonds. The van der Waals surface area contributed by atoms with Crippen LogP contribution < -0.4 is 4.90 Å². The molecule has 4 fully saturated rings. The molecular weight excluding hydrogens is 975 g/mol. The molecule has 0 heterocycles. The predicted octanol–water partition coefficient (Wildman–Crippen LogP) is 20.5. The van der Waals surface area contributed by atoms with Crippen molar-refractivity contribution in [2.45, 2.75) is 62.2 Å². The first kappa shape index (κ1) is 47.1. The SMILES string of the molecule is CC1(C)c2cc(-c3ccccc3)ccc2C2(c3ccccc3-c3cccc(N(c4cccc(-c5cccc(-c6ccccc6)c5)c4)c4ccc5c(c4)C4(c6ccccc6-5)C5CC6CC(C5)CC4C6)c32)c2ccc(-c3ccccc3)cc21. The molecule has 2 spiro atoms. The summed E-state index contributed by atoms with van der Waals surface area (Å²) in [6.07, 6.45) is 6.82. The van der Waals surface area contributed by atoms with Crippen LogP contribution in [0.25, 0.3) is 66.8 Å². The Labute approximate surface area is 477 Å². The van der Waals surface area contributed by atoms with Crippen LogP contribution >= 0.6 is 0 Å². The van der Waals surface area contributed by atoms with E-state index in [4.69, 9.17) is 0 Å². The van der Waals surface area contributed by atoms with E-state index < -0.39 is 5.41 Å². The summed E-state index contributed by atoms with van der Waals surface area (Å²) in [6.45, 7) is 4.95. The minimum Gasteiger partial charge on any atom is -0.310 e. The van der Waals surface area contributed by atoms with Crippen LogP contribution in [-0.2, 0) is 16.2 Å². The molecule has 0 aromatic heterocycles. The van der Waals surface area contributed by atoms with E-state index in [2.05, 4.69) is 280 Å². The van der Waals surface area contributed by atoms with E-state index in [1.165, 1.54) is 144 Å². The molecule has 0 aliphatic heterocycles. The number of hydrogen-bond donors (Lipinski definition) is 0. The van der Waals surface area contributed by atoms with E-state index in [1.54, 1.807) is 11.1 Å². The third kappa shape index (κ3) is 6.67. The van der Waals surface area contributed by atoms with E-state index in [0.29, 0.717) is 11.8 Å². The second-order valence-electron chi connectivity index (χ2n) is 25.2. The zero-order valence-electron chi connectivity index (χ0n) is 46.1. The molecular formula is C80H63N. The molecule has 11 aromatic carbocycles. The first-order chi connectivity index (χ1) is 39.9. The lowest BCUT2D eigenvalue weighted by Gasteiger charge is -2.61. The van der Waals surface area contributed by atoms with Crippen molar-refractivity contribution < 1.29 is 0 Å². The summed E-state index contributed by atoms with van der Waals surface area (Å²) in [4.78, 5) is 2.69. The van der Waals surface area contributed by atoms with Gasteiger partial charge in [-0.25, -0.2) is 0 Å². The normalized spacial score (nSPS) is 21.2. The first-order valence-corrected chi connectivity index (χ1v) is 29.8. The van der Waals surface area contributed by atoms with Crippen LogP contribution in [0.5, 0.6) is 0 Å². The highest BCUT2D eigenvalue weighted by molar-refractivity contribution is 5.97. The minimum atomic E-state index is -0.678. The summed E-state index contributed by atoms with van der Waals surface area (Å²) in [5.41, 5.74) is 29.2. The van der Waals surface area contributed by atoms with Gasteiger partial charge in [-0.15, -0.1) is 0 Å². The van der Waals surface area contributed by atoms with Gasteiger partial charge in [0.25, 0.3) is 0 Å².